The average molecular weight is 289 g/mol. The number of carbonyl (C=O) groups is 1. The van der Waals surface area contributed by atoms with E-state index in [4.69, 9.17) is 0 Å². The molecule has 0 aliphatic rings. The number of halogens is 1. The summed E-state index contributed by atoms with van der Waals surface area (Å²) in [4.78, 5) is 12.7. The van der Waals surface area contributed by atoms with Gasteiger partial charge in [0.05, 0.1) is 0 Å². The number of rotatable bonds is 7. The first-order chi connectivity index (χ1) is 8.26. The first-order valence-electron chi connectivity index (χ1n) is 5.80. The summed E-state index contributed by atoms with van der Waals surface area (Å²) in [5.41, 5.74) is 1.14. The van der Waals surface area contributed by atoms with E-state index in [1.165, 1.54) is 4.90 Å². The van der Waals surface area contributed by atoms with Gasteiger partial charge < -0.3 is 10.6 Å². The third-order valence-corrected chi connectivity index (χ3v) is 3.22. The molecule has 0 spiro atoms. The maximum atomic E-state index is 11.5. The Bertz CT molecular complexity index is 343. The summed E-state index contributed by atoms with van der Waals surface area (Å²) in [5, 5.41) is 5.95. The predicted octanol–water partition coefficient (Wildman–Crippen LogP) is 2.45. The molecule has 0 unspecified atom stereocenters. The molecule has 0 saturated heterocycles. The number of carbonyl (C=O) groups excluding carboxylic acids is 1. The first-order valence-corrected chi connectivity index (χ1v) is 7.03. The lowest BCUT2D eigenvalue weighted by Gasteiger charge is -2.06. The zero-order valence-electron chi connectivity index (χ0n) is 10.9. The Hall–Kier alpha value is -0.710. The van der Waals surface area contributed by atoms with Gasteiger partial charge >= 0.3 is 0 Å². The smallest absolute Gasteiger partial charge is 0.220 e. The summed E-state index contributed by atoms with van der Waals surface area (Å²) in [5.74, 6) is 0.120. The van der Waals surface area contributed by atoms with Gasteiger partial charge in [0.15, 0.2) is 0 Å². The zero-order chi connectivity index (χ0) is 12.5. The lowest BCUT2D eigenvalue weighted by Crippen LogP contribution is -2.23. The van der Waals surface area contributed by atoms with Crippen molar-refractivity contribution in [3.63, 3.8) is 0 Å². The van der Waals surface area contributed by atoms with Gasteiger partial charge in [0, 0.05) is 17.9 Å². The van der Waals surface area contributed by atoms with Crippen LogP contribution in [0.3, 0.4) is 0 Å². The van der Waals surface area contributed by atoms with Crippen molar-refractivity contribution in [1.29, 1.82) is 0 Å². The number of hydrogen-bond acceptors (Lipinski definition) is 3. The molecule has 1 rings (SSSR count). The van der Waals surface area contributed by atoms with Crippen molar-refractivity contribution in [2.75, 3.05) is 19.8 Å². The van der Waals surface area contributed by atoms with Crippen LogP contribution >= 0.6 is 24.2 Å². The van der Waals surface area contributed by atoms with Gasteiger partial charge in [-0.2, -0.15) is 0 Å². The van der Waals surface area contributed by atoms with Crippen LogP contribution in [0, 0.1) is 0 Å². The van der Waals surface area contributed by atoms with Gasteiger partial charge in [0.2, 0.25) is 5.91 Å². The minimum atomic E-state index is 0. The van der Waals surface area contributed by atoms with Gasteiger partial charge in [-0.25, -0.2) is 0 Å². The monoisotopic (exact) mass is 288 g/mol. The molecule has 0 atom stereocenters. The quantitative estimate of drug-likeness (QED) is 0.598. The van der Waals surface area contributed by atoms with E-state index in [1.54, 1.807) is 11.8 Å². The third-order valence-electron chi connectivity index (χ3n) is 2.48. The van der Waals surface area contributed by atoms with Crippen LogP contribution < -0.4 is 10.6 Å². The molecule has 18 heavy (non-hydrogen) atoms. The molecule has 0 bridgehead atoms. The molecular weight excluding hydrogens is 268 g/mol. The van der Waals surface area contributed by atoms with Crippen molar-refractivity contribution in [1.82, 2.24) is 10.6 Å². The van der Waals surface area contributed by atoms with Crippen molar-refractivity contribution in [3.05, 3.63) is 29.8 Å². The van der Waals surface area contributed by atoms with Gasteiger partial charge in [0.25, 0.3) is 0 Å². The van der Waals surface area contributed by atoms with Gasteiger partial charge in [-0.05, 0) is 44.0 Å². The van der Waals surface area contributed by atoms with Crippen LogP contribution in [0.4, 0.5) is 0 Å². The lowest BCUT2D eigenvalue weighted by atomic mass is 10.2. The molecule has 1 amide bonds. The van der Waals surface area contributed by atoms with E-state index in [1.807, 2.05) is 7.05 Å². The fourth-order valence-corrected chi connectivity index (χ4v) is 1.87. The number of amides is 1. The van der Waals surface area contributed by atoms with E-state index in [2.05, 4.69) is 41.2 Å². The number of benzene rings is 1. The van der Waals surface area contributed by atoms with Crippen molar-refractivity contribution in [2.24, 2.45) is 0 Å². The highest BCUT2D eigenvalue weighted by Crippen LogP contribution is 2.14. The molecule has 1 aromatic carbocycles. The molecule has 102 valence electrons. The Kier molecular flexibility index (Phi) is 9.83. The van der Waals surface area contributed by atoms with Crippen LogP contribution in [0.15, 0.2) is 29.2 Å². The highest BCUT2D eigenvalue weighted by Gasteiger charge is 2.00. The van der Waals surface area contributed by atoms with E-state index >= 15 is 0 Å². The van der Waals surface area contributed by atoms with Gasteiger partial charge in [0.1, 0.15) is 0 Å². The van der Waals surface area contributed by atoms with Crippen LogP contribution in [0.25, 0.3) is 0 Å². The molecular formula is C13H21ClN2OS. The van der Waals surface area contributed by atoms with Crippen LogP contribution in [0.1, 0.15) is 18.4 Å². The van der Waals surface area contributed by atoms with Gasteiger partial charge in [-0.3, -0.25) is 4.79 Å². The Balaban J connectivity index is 0.00000289. The largest absolute Gasteiger partial charge is 0.352 e. The highest BCUT2D eigenvalue weighted by atomic mass is 35.5. The van der Waals surface area contributed by atoms with Crippen molar-refractivity contribution in [2.45, 2.75) is 24.3 Å². The molecule has 0 aliphatic heterocycles. The third kappa shape index (κ3) is 6.89. The van der Waals surface area contributed by atoms with Gasteiger partial charge in [-0.15, -0.1) is 24.2 Å². The molecule has 0 fully saturated rings. The second-order valence-electron chi connectivity index (χ2n) is 3.83. The molecule has 1 aromatic rings. The average Bonchev–Trinajstić information content (AvgIpc) is 2.37. The molecule has 0 aliphatic carbocycles. The topological polar surface area (TPSA) is 41.1 Å². The molecule has 0 heterocycles. The minimum absolute atomic E-state index is 0. The van der Waals surface area contributed by atoms with Crippen LogP contribution in [0.2, 0.25) is 0 Å². The fraction of sp³-hybridized carbons (Fsp3) is 0.462. The summed E-state index contributed by atoms with van der Waals surface area (Å²) >= 11 is 1.72. The number of thioether (sulfide) groups is 1. The maximum Gasteiger partial charge on any atom is 0.220 e. The molecule has 0 radical (unpaired) electrons. The Morgan fingerprint density at radius 3 is 2.50 bits per heavy atom. The Labute approximate surface area is 120 Å². The van der Waals surface area contributed by atoms with Gasteiger partial charge in [-0.1, -0.05) is 12.1 Å². The minimum Gasteiger partial charge on any atom is -0.352 e. The normalized spacial score (nSPS) is 9.67. The van der Waals surface area contributed by atoms with Crippen molar-refractivity contribution < 1.29 is 4.79 Å². The predicted molar refractivity (Wildman–Crippen MR) is 80.5 cm³/mol. The summed E-state index contributed by atoms with van der Waals surface area (Å²) in [6, 6.07) is 8.26. The molecule has 3 nitrogen and oxygen atoms in total. The standard InChI is InChI=1S/C13H20N2OS.ClH/c1-14-9-3-4-13(16)15-10-11-5-7-12(17-2)8-6-11;/h5-8,14H,3-4,9-10H2,1-2H3,(H,15,16);1H. The SMILES string of the molecule is CNCCCC(=O)NCc1ccc(SC)cc1.Cl. The molecule has 0 aromatic heterocycles. The number of hydrogen-bond donors (Lipinski definition) is 2. The van der Waals surface area contributed by atoms with Crippen LogP contribution in [-0.4, -0.2) is 25.8 Å². The van der Waals surface area contributed by atoms with Crippen molar-refractivity contribution in [3.8, 4) is 0 Å². The Morgan fingerprint density at radius 1 is 1.28 bits per heavy atom. The number of nitrogens with one attached hydrogen (secondary N) is 2. The van der Waals surface area contributed by atoms with E-state index in [-0.39, 0.29) is 18.3 Å². The van der Waals surface area contributed by atoms with E-state index in [0.29, 0.717) is 13.0 Å². The lowest BCUT2D eigenvalue weighted by molar-refractivity contribution is -0.121. The van der Waals surface area contributed by atoms with Crippen molar-refractivity contribution >= 4 is 30.1 Å². The van der Waals surface area contributed by atoms with E-state index < -0.39 is 0 Å². The fourth-order valence-electron chi connectivity index (χ4n) is 1.46. The molecule has 2 N–H and O–H groups in total. The summed E-state index contributed by atoms with van der Waals surface area (Å²) in [6.45, 7) is 1.50. The highest BCUT2D eigenvalue weighted by molar-refractivity contribution is 7.98. The maximum absolute atomic E-state index is 11.5. The zero-order valence-corrected chi connectivity index (χ0v) is 12.5. The molecule has 0 saturated carbocycles. The summed E-state index contributed by atoms with van der Waals surface area (Å²) < 4.78 is 0. The second-order valence-corrected chi connectivity index (χ2v) is 4.71. The second kappa shape index (κ2) is 10.2. The van der Waals surface area contributed by atoms with E-state index in [0.717, 1.165) is 18.5 Å². The van der Waals surface area contributed by atoms with Crippen LogP contribution in [0.5, 0.6) is 0 Å². The summed E-state index contributed by atoms with van der Waals surface area (Å²) in [6.07, 6.45) is 3.52. The van der Waals surface area contributed by atoms with E-state index in [9.17, 15) is 4.79 Å². The first kappa shape index (κ1) is 17.3. The summed E-state index contributed by atoms with van der Waals surface area (Å²) in [7, 11) is 1.89. The van der Waals surface area contributed by atoms with Crippen LogP contribution in [-0.2, 0) is 11.3 Å². The Morgan fingerprint density at radius 2 is 1.94 bits per heavy atom. The molecule has 5 heteroatoms.